The van der Waals surface area contributed by atoms with Gasteiger partial charge in [-0.05, 0) is 18.2 Å². The fraction of sp³-hybridized carbons (Fsp3) is 0.182. The SMILES string of the molecule is COc1cccc(OC)c1C=CC(=O)O. The van der Waals surface area contributed by atoms with E-state index in [-0.39, 0.29) is 0 Å². The molecular formula is C11H12O4. The summed E-state index contributed by atoms with van der Waals surface area (Å²) in [6.07, 6.45) is 2.49. The van der Waals surface area contributed by atoms with Crippen LogP contribution in [-0.2, 0) is 4.79 Å². The maximum absolute atomic E-state index is 10.4. The Morgan fingerprint density at radius 2 is 1.80 bits per heavy atom. The van der Waals surface area contributed by atoms with Crippen LogP contribution in [0, 0.1) is 0 Å². The predicted octanol–water partition coefficient (Wildman–Crippen LogP) is 1.80. The first kappa shape index (κ1) is 11.1. The molecule has 0 aromatic heterocycles. The molecule has 0 bridgehead atoms. The number of ether oxygens (including phenoxy) is 2. The van der Waals surface area contributed by atoms with Crippen molar-refractivity contribution in [2.24, 2.45) is 0 Å². The third-order valence-electron chi connectivity index (χ3n) is 1.86. The maximum Gasteiger partial charge on any atom is 0.328 e. The maximum atomic E-state index is 10.4. The van der Waals surface area contributed by atoms with Crippen LogP contribution in [0.4, 0.5) is 0 Å². The second-order valence-electron chi connectivity index (χ2n) is 2.75. The van der Waals surface area contributed by atoms with Gasteiger partial charge in [-0.15, -0.1) is 0 Å². The van der Waals surface area contributed by atoms with Crippen LogP contribution in [0.25, 0.3) is 6.08 Å². The van der Waals surface area contributed by atoms with E-state index < -0.39 is 5.97 Å². The second-order valence-corrected chi connectivity index (χ2v) is 2.75. The van der Waals surface area contributed by atoms with Crippen LogP contribution in [0.3, 0.4) is 0 Å². The number of hydrogen-bond acceptors (Lipinski definition) is 3. The summed E-state index contributed by atoms with van der Waals surface area (Å²) in [6, 6.07) is 5.25. The standard InChI is InChI=1S/C11H12O4/c1-14-9-4-3-5-10(15-2)8(9)6-7-11(12)13/h3-7H,1-2H3,(H,12,13). The summed E-state index contributed by atoms with van der Waals surface area (Å²) in [5.74, 6) is 0.140. The number of carboxylic acid groups (broad SMARTS) is 1. The van der Waals surface area contributed by atoms with Gasteiger partial charge in [0.25, 0.3) is 0 Å². The number of aliphatic carboxylic acids is 1. The predicted molar refractivity (Wildman–Crippen MR) is 56.2 cm³/mol. The largest absolute Gasteiger partial charge is 0.496 e. The summed E-state index contributed by atoms with van der Waals surface area (Å²) < 4.78 is 10.2. The third kappa shape index (κ3) is 2.74. The number of carboxylic acids is 1. The van der Waals surface area contributed by atoms with Crippen LogP contribution in [0.15, 0.2) is 24.3 Å². The Hall–Kier alpha value is -1.97. The molecule has 0 saturated carbocycles. The molecule has 15 heavy (non-hydrogen) atoms. The lowest BCUT2D eigenvalue weighted by Crippen LogP contribution is -1.93. The highest BCUT2D eigenvalue weighted by atomic mass is 16.5. The van der Waals surface area contributed by atoms with Gasteiger partial charge in [0.2, 0.25) is 0 Å². The topological polar surface area (TPSA) is 55.8 Å². The Morgan fingerprint density at radius 3 is 2.20 bits per heavy atom. The van der Waals surface area contributed by atoms with E-state index in [9.17, 15) is 4.79 Å². The number of hydrogen-bond donors (Lipinski definition) is 1. The van der Waals surface area contributed by atoms with Crippen molar-refractivity contribution < 1.29 is 19.4 Å². The lowest BCUT2D eigenvalue weighted by Gasteiger charge is -2.08. The lowest BCUT2D eigenvalue weighted by atomic mass is 10.1. The molecule has 0 atom stereocenters. The molecule has 1 rings (SSSR count). The van der Waals surface area contributed by atoms with Gasteiger partial charge in [-0.1, -0.05) is 6.07 Å². The van der Waals surface area contributed by atoms with Crippen LogP contribution < -0.4 is 9.47 Å². The minimum Gasteiger partial charge on any atom is -0.496 e. The Kier molecular flexibility index (Phi) is 3.74. The smallest absolute Gasteiger partial charge is 0.328 e. The van der Waals surface area contributed by atoms with Crippen molar-refractivity contribution >= 4 is 12.0 Å². The third-order valence-corrected chi connectivity index (χ3v) is 1.86. The number of rotatable bonds is 4. The van der Waals surface area contributed by atoms with Crippen LogP contribution in [-0.4, -0.2) is 25.3 Å². The molecule has 1 aromatic carbocycles. The van der Waals surface area contributed by atoms with Crippen LogP contribution in [0.1, 0.15) is 5.56 Å². The van der Waals surface area contributed by atoms with Crippen molar-refractivity contribution in [2.45, 2.75) is 0 Å². The Bertz CT molecular complexity index is 360. The summed E-state index contributed by atoms with van der Waals surface area (Å²) in [7, 11) is 3.04. The highest BCUT2D eigenvalue weighted by Crippen LogP contribution is 2.29. The molecule has 4 heteroatoms. The lowest BCUT2D eigenvalue weighted by molar-refractivity contribution is -0.131. The summed E-state index contributed by atoms with van der Waals surface area (Å²) >= 11 is 0. The molecule has 0 heterocycles. The molecule has 0 fully saturated rings. The zero-order valence-electron chi connectivity index (χ0n) is 8.56. The van der Waals surface area contributed by atoms with Crippen LogP contribution in [0.2, 0.25) is 0 Å². The van der Waals surface area contributed by atoms with Crippen LogP contribution >= 0.6 is 0 Å². The Morgan fingerprint density at radius 1 is 1.27 bits per heavy atom. The summed E-state index contributed by atoms with van der Waals surface area (Å²) in [6.45, 7) is 0. The zero-order chi connectivity index (χ0) is 11.3. The molecule has 0 radical (unpaired) electrons. The van der Waals surface area contributed by atoms with E-state index in [0.717, 1.165) is 6.08 Å². The molecule has 0 aliphatic rings. The number of carbonyl (C=O) groups is 1. The first-order valence-corrected chi connectivity index (χ1v) is 4.31. The van der Waals surface area contributed by atoms with Crippen LogP contribution in [0.5, 0.6) is 11.5 Å². The molecule has 4 nitrogen and oxygen atoms in total. The zero-order valence-corrected chi connectivity index (χ0v) is 8.56. The monoisotopic (exact) mass is 208 g/mol. The van der Waals surface area contributed by atoms with E-state index in [1.807, 2.05) is 0 Å². The molecule has 0 saturated heterocycles. The number of benzene rings is 1. The molecule has 0 aliphatic carbocycles. The van der Waals surface area contributed by atoms with Crippen molar-refractivity contribution in [3.63, 3.8) is 0 Å². The van der Waals surface area contributed by atoms with Crippen molar-refractivity contribution in [2.75, 3.05) is 14.2 Å². The van der Waals surface area contributed by atoms with E-state index in [0.29, 0.717) is 17.1 Å². The van der Waals surface area contributed by atoms with E-state index in [1.54, 1.807) is 18.2 Å². The molecule has 1 aromatic rings. The molecular weight excluding hydrogens is 196 g/mol. The Balaban J connectivity index is 3.16. The molecule has 0 spiro atoms. The van der Waals surface area contributed by atoms with Gasteiger partial charge >= 0.3 is 5.97 Å². The normalized spacial score (nSPS) is 10.3. The van der Waals surface area contributed by atoms with Crippen molar-refractivity contribution in [3.8, 4) is 11.5 Å². The van der Waals surface area contributed by atoms with Gasteiger partial charge in [0.15, 0.2) is 0 Å². The van der Waals surface area contributed by atoms with Gasteiger partial charge in [0.05, 0.1) is 19.8 Å². The van der Waals surface area contributed by atoms with Gasteiger partial charge in [0, 0.05) is 6.08 Å². The van der Waals surface area contributed by atoms with E-state index in [2.05, 4.69) is 0 Å². The fourth-order valence-electron chi connectivity index (χ4n) is 1.20. The fourth-order valence-corrected chi connectivity index (χ4v) is 1.20. The molecule has 80 valence electrons. The summed E-state index contributed by atoms with van der Waals surface area (Å²) in [4.78, 5) is 10.4. The van der Waals surface area contributed by atoms with Gasteiger partial charge < -0.3 is 14.6 Å². The van der Waals surface area contributed by atoms with E-state index >= 15 is 0 Å². The highest BCUT2D eigenvalue weighted by Gasteiger charge is 2.06. The summed E-state index contributed by atoms with van der Waals surface area (Å²) in [5.41, 5.74) is 0.616. The summed E-state index contributed by atoms with van der Waals surface area (Å²) in [5, 5.41) is 8.53. The van der Waals surface area contributed by atoms with Gasteiger partial charge in [-0.2, -0.15) is 0 Å². The van der Waals surface area contributed by atoms with Gasteiger partial charge in [0.1, 0.15) is 11.5 Å². The molecule has 1 N–H and O–H groups in total. The van der Waals surface area contributed by atoms with Crippen molar-refractivity contribution in [1.29, 1.82) is 0 Å². The Labute approximate surface area is 87.7 Å². The van der Waals surface area contributed by atoms with Gasteiger partial charge in [-0.25, -0.2) is 4.79 Å². The van der Waals surface area contributed by atoms with Crippen molar-refractivity contribution in [1.82, 2.24) is 0 Å². The molecule has 0 aliphatic heterocycles. The molecule has 0 unspecified atom stereocenters. The van der Waals surface area contributed by atoms with E-state index in [4.69, 9.17) is 14.6 Å². The van der Waals surface area contributed by atoms with Gasteiger partial charge in [-0.3, -0.25) is 0 Å². The number of methoxy groups -OCH3 is 2. The first-order valence-electron chi connectivity index (χ1n) is 4.31. The molecule has 0 amide bonds. The average Bonchev–Trinajstić information content (AvgIpc) is 2.25. The first-order chi connectivity index (χ1) is 7.19. The van der Waals surface area contributed by atoms with E-state index in [1.165, 1.54) is 20.3 Å². The van der Waals surface area contributed by atoms with Crippen molar-refractivity contribution in [3.05, 3.63) is 29.8 Å². The highest BCUT2D eigenvalue weighted by molar-refractivity contribution is 5.86. The second kappa shape index (κ2) is 5.05. The minimum atomic E-state index is -1.01. The average molecular weight is 208 g/mol. The minimum absolute atomic E-state index is 0.576. The quantitative estimate of drug-likeness (QED) is 0.766.